The maximum atomic E-state index is 14.1. The lowest BCUT2D eigenvalue weighted by Gasteiger charge is -2.30. The Kier molecular flexibility index (Phi) is 7.55. The van der Waals surface area contributed by atoms with Crippen LogP contribution in [-0.4, -0.2) is 54.1 Å². The number of thiophene rings is 2. The number of Topliss-reactive ketones (excluding diaryl/α,β-unsaturated/α-hetero) is 2. The van der Waals surface area contributed by atoms with Crippen molar-refractivity contribution in [3.05, 3.63) is 119 Å². The standard InChI is InChI=1S/C35H29N3O5S2/c1-20-8-3-5-10-22(20)30(39)31(40)33-35(42,32(41)23-11-6-4-9-21(23)2)18-28(43-33)38-19-37-29-24(15-16-36-34(29)38)25-13-14-27(45-25)26-12-7-17-44-26/h3-17,19,28,31,33,40,42H,18H2,1-2H3/t28-,31?,33-,35-/m1/s1. The Morgan fingerprint density at radius 2 is 1.62 bits per heavy atom. The van der Waals surface area contributed by atoms with Gasteiger partial charge in [-0.2, -0.15) is 0 Å². The molecule has 0 saturated carbocycles. The summed E-state index contributed by atoms with van der Waals surface area (Å²) in [5, 5.41) is 25.7. The molecule has 8 nitrogen and oxygen atoms in total. The van der Waals surface area contributed by atoms with Crippen molar-refractivity contribution in [1.29, 1.82) is 0 Å². The van der Waals surface area contributed by atoms with Crippen LogP contribution >= 0.6 is 22.7 Å². The number of carbonyl (C=O) groups is 2. The van der Waals surface area contributed by atoms with Gasteiger partial charge in [0.25, 0.3) is 0 Å². The van der Waals surface area contributed by atoms with E-state index in [0.29, 0.717) is 33.4 Å². The third-order valence-corrected chi connectivity index (χ3v) is 10.6. The number of aryl methyl sites for hydroxylation is 2. The minimum absolute atomic E-state index is 0.220. The molecule has 1 unspecified atom stereocenters. The Labute approximate surface area is 267 Å². The molecule has 10 heteroatoms. The van der Waals surface area contributed by atoms with Crippen molar-refractivity contribution in [3.8, 4) is 20.2 Å². The van der Waals surface area contributed by atoms with Crippen molar-refractivity contribution < 1.29 is 24.5 Å². The number of nitrogens with zero attached hydrogens (tertiary/aromatic N) is 3. The summed E-state index contributed by atoms with van der Waals surface area (Å²) in [6.07, 6.45) is -1.27. The van der Waals surface area contributed by atoms with Gasteiger partial charge in [-0.25, -0.2) is 9.97 Å². The lowest BCUT2D eigenvalue weighted by molar-refractivity contribution is -0.0902. The van der Waals surface area contributed by atoms with Gasteiger partial charge in [-0.15, -0.1) is 22.7 Å². The second kappa shape index (κ2) is 11.6. The molecule has 6 aromatic rings. The predicted octanol–water partition coefficient (Wildman–Crippen LogP) is 6.65. The van der Waals surface area contributed by atoms with Crippen LogP contribution in [0.4, 0.5) is 0 Å². The van der Waals surface area contributed by atoms with Crippen LogP contribution in [0.25, 0.3) is 31.4 Å². The van der Waals surface area contributed by atoms with Gasteiger partial charge in [0.05, 0.1) is 6.33 Å². The van der Waals surface area contributed by atoms with E-state index in [1.165, 1.54) is 4.88 Å². The molecule has 0 aliphatic carbocycles. The molecule has 0 bridgehead atoms. The summed E-state index contributed by atoms with van der Waals surface area (Å²) in [5.41, 5.74) is 1.71. The summed E-state index contributed by atoms with van der Waals surface area (Å²) >= 11 is 3.34. The number of pyridine rings is 1. The summed E-state index contributed by atoms with van der Waals surface area (Å²) in [4.78, 5) is 40.3. The number of carbonyl (C=O) groups excluding carboxylic acids is 2. The highest BCUT2D eigenvalue weighted by Crippen LogP contribution is 2.44. The fraction of sp³-hybridized carbons (Fsp3) is 0.200. The van der Waals surface area contributed by atoms with E-state index in [1.54, 1.807) is 102 Å². The second-order valence-electron chi connectivity index (χ2n) is 11.2. The van der Waals surface area contributed by atoms with Crippen molar-refractivity contribution in [2.24, 2.45) is 0 Å². The van der Waals surface area contributed by atoms with Crippen molar-refractivity contribution >= 4 is 45.4 Å². The fourth-order valence-corrected chi connectivity index (χ4v) is 7.88. The SMILES string of the molecule is Cc1ccccc1C(=O)C(O)[C@H]1O[C@@H](n2cnc3c(-c4ccc(-c5cccs5)s4)ccnc32)C[C@@]1(O)C(=O)c1ccccc1C. The quantitative estimate of drug-likeness (QED) is 0.180. The second-order valence-corrected chi connectivity index (χ2v) is 13.3. The molecule has 0 spiro atoms. The van der Waals surface area contributed by atoms with Gasteiger partial charge in [0, 0.05) is 43.9 Å². The largest absolute Gasteiger partial charge is 0.382 e. The van der Waals surface area contributed by atoms with Gasteiger partial charge >= 0.3 is 0 Å². The molecule has 2 N–H and O–H groups in total. The summed E-state index contributed by atoms with van der Waals surface area (Å²) in [6, 6.07) is 24.0. The molecule has 5 heterocycles. The number of aliphatic hydroxyl groups excluding tert-OH is 1. The average Bonchev–Trinajstić information content (AvgIpc) is 3.86. The molecule has 0 radical (unpaired) electrons. The van der Waals surface area contributed by atoms with Crippen LogP contribution in [0, 0.1) is 13.8 Å². The molecule has 226 valence electrons. The fourth-order valence-electron chi connectivity index (χ4n) is 6.02. The highest BCUT2D eigenvalue weighted by molar-refractivity contribution is 7.23. The average molecular weight is 636 g/mol. The maximum absolute atomic E-state index is 14.1. The highest BCUT2D eigenvalue weighted by atomic mass is 32.1. The van der Waals surface area contributed by atoms with Gasteiger partial charge in [-0.1, -0.05) is 54.6 Å². The zero-order chi connectivity index (χ0) is 31.3. The Hall–Kier alpha value is -4.32. The summed E-state index contributed by atoms with van der Waals surface area (Å²) in [7, 11) is 0. The van der Waals surface area contributed by atoms with E-state index in [-0.39, 0.29) is 6.42 Å². The maximum Gasteiger partial charge on any atom is 0.197 e. The Morgan fingerprint density at radius 3 is 2.33 bits per heavy atom. The molecule has 4 atom stereocenters. The van der Waals surface area contributed by atoms with Crippen molar-refractivity contribution in [3.63, 3.8) is 0 Å². The summed E-state index contributed by atoms with van der Waals surface area (Å²) in [5.74, 6) is -1.26. The van der Waals surface area contributed by atoms with Crippen LogP contribution in [0.2, 0.25) is 0 Å². The minimum Gasteiger partial charge on any atom is -0.382 e. The number of ketones is 2. The molecule has 4 aromatic heterocycles. The third-order valence-electron chi connectivity index (χ3n) is 8.42. The summed E-state index contributed by atoms with van der Waals surface area (Å²) < 4.78 is 7.96. The first-order valence-corrected chi connectivity index (χ1v) is 16.2. The molecule has 0 amide bonds. The van der Waals surface area contributed by atoms with Gasteiger partial charge in [0.15, 0.2) is 22.8 Å². The minimum atomic E-state index is -2.22. The number of hydrogen-bond donors (Lipinski definition) is 2. The van der Waals surface area contributed by atoms with Crippen LogP contribution in [0.15, 0.2) is 96.8 Å². The van der Waals surface area contributed by atoms with Crippen LogP contribution in [0.5, 0.6) is 0 Å². The van der Waals surface area contributed by atoms with Gasteiger partial charge in [-0.05, 0) is 54.6 Å². The summed E-state index contributed by atoms with van der Waals surface area (Å²) in [6.45, 7) is 3.54. The number of imidazole rings is 1. The third kappa shape index (κ3) is 5.04. The Morgan fingerprint density at radius 1 is 0.911 bits per heavy atom. The lowest BCUT2D eigenvalue weighted by atomic mass is 9.81. The number of benzene rings is 2. The van der Waals surface area contributed by atoms with Crippen molar-refractivity contribution in [1.82, 2.24) is 14.5 Å². The Bertz CT molecular complexity index is 2050. The number of fused-ring (bicyclic) bond motifs is 1. The topological polar surface area (TPSA) is 115 Å². The molecule has 1 fully saturated rings. The number of ether oxygens (including phenoxy) is 1. The van der Waals surface area contributed by atoms with Crippen molar-refractivity contribution in [2.45, 2.75) is 44.3 Å². The van der Waals surface area contributed by atoms with E-state index in [4.69, 9.17) is 4.74 Å². The normalized spacial score (nSPS) is 20.4. The van der Waals surface area contributed by atoms with Gasteiger partial charge in [0.1, 0.15) is 24.0 Å². The van der Waals surface area contributed by atoms with Crippen LogP contribution < -0.4 is 0 Å². The van der Waals surface area contributed by atoms with E-state index in [9.17, 15) is 19.8 Å². The number of hydrogen-bond acceptors (Lipinski definition) is 9. The molecule has 7 rings (SSSR count). The molecule has 2 aromatic carbocycles. The molecule has 1 aliphatic heterocycles. The zero-order valence-corrected chi connectivity index (χ0v) is 26.1. The zero-order valence-electron chi connectivity index (χ0n) is 24.5. The van der Waals surface area contributed by atoms with Crippen LogP contribution in [0.1, 0.15) is 44.5 Å². The first-order valence-electron chi connectivity index (χ1n) is 14.5. The van der Waals surface area contributed by atoms with E-state index in [1.807, 2.05) is 17.5 Å². The van der Waals surface area contributed by atoms with Crippen molar-refractivity contribution in [2.75, 3.05) is 0 Å². The monoisotopic (exact) mass is 635 g/mol. The molecule has 1 aliphatic rings. The smallest absolute Gasteiger partial charge is 0.197 e. The highest BCUT2D eigenvalue weighted by Gasteiger charge is 2.58. The van der Waals surface area contributed by atoms with Gasteiger partial charge in [-0.3, -0.25) is 14.2 Å². The Balaban J connectivity index is 1.28. The lowest BCUT2D eigenvalue weighted by Crippen LogP contribution is -2.54. The molecule has 1 saturated heterocycles. The van der Waals surface area contributed by atoms with Crippen LogP contribution in [0.3, 0.4) is 0 Å². The molecular weight excluding hydrogens is 607 g/mol. The predicted molar refractivity (Wildman–Crippen MR) is 175 cm³/mol. The van der Waals surface area contributed by atoms with Crippen LogP contribution in [-0.2, 0) is 4.74 Å². The first kappa shape index (κ1) is 29.4. The molecule has 45 heavy (non-hydrogen) atoms. The van der Waals surface area contributed by atoms with E-state index >= 15 is 0 Å². The van der Waals surface area contributed by atoms with E-state index in [0.717, 1.165) is 15.3 Å². The first-order chi connectivity index (χ1) is 21.8. The number of aliphatic hydroxyl groups is 2. The number of aromatic nitrogens is 3. The van der Waals surface area contributed by atoms with E-state index < -0.39 is 35.6 Å². The molecular formula is C35H29N3O5S2. The van der Waals surface area contributed by atoms with E-state index in [2.05, 4.69) is 28.2 Å². The number of rotatable bonds is 8. The van der Waals surface area contributed by atoms with Gasteiger partial charge < -0.3 is 14.9 Å². The van der Waals surface area contributed by atoms with Gasteiger partial charge in [0.2, 0.25) is 0 Å².